The zero-order valence-corrected chi connectivity index (χ0v) is 15.7. The second kappa shape index (κ2) is 8.30. The third-order valence-corrected chi connectivity index (χ3v) is 4.73. The van der Waals surface area contributed by atoms with Crippen molar-refractivity contribution in [3.05, 3.63) is 30.1 Å². The van der Waals surface area contributed by atoms with Crippen LogP contribution in [0.1, 0.15) is 32.5 Å². The average molecular weight is 370 g/mol. The third-order valence-electron chi connectivity index (χ3n) is 4.73. The lowest BCUT2D eigenvalue weighted by molar-refractivity contribution is -0.125. The number of rotatable bonds is 6. The molecular weight excluding hydrogens is 344 g/mol. The second-order valence-electron chi connectivity index (χ2n) is 7.16. The first-order valence-electron chi connectivity index (χ1n) is 9.31. The summed E-state index contributed by atoms with van der Waals surface area (Å²) in [4.78, 5) is 23.8. The zero-order valence-electron chi connectivity index (χ0n) is 15.7. The summed E-state index contributed by atoms with van der Waals surface area (Å²) in [5.41, 5.74) is 7.37. The van der Waals surface area contributed by atoms with E-state index in [-0.39, 0.29) is 24.3 Å². The number of aryl methyl sites for hydroxylation is 1. The Morgan fingerprint density at radius 1 is 1.19 bits per heavy atom. The van der Waals surface area contributed by atoms with Gasteiger partial charge in [0.05, 0.1) is 12.6 Å². The number of nitrogens with two attached hydrogens (primary N) is 1. The van der Waals surface area contributed by atoms with Gasteiger partial charge in [-0.15, -0.1) is 10.2 Å². The number of fused-ring (bicyclic) bond motifs is 1. The van der Waals surface area contributed by atoms with E-state index in [1.807, 2.05) is 38.1 Å². The van der Waals surface area contributed by atoms with Gasteiger partial charge in [-0.25, -0.2) is 0 Å². The number of hydrogen-bond acceptors (Lipinski definition) is 5. The van der Waals surface area contributed by atoms with Gasteiger partial charge >= 0.3 is 0 Å². The van der Waals surface area contributed by atoms with Crippen LogP contribution in [0.2, 0.25) is 0 Å². The first-order valence-corrected chi connectivity index (χ1v) is 9.31. The second-order valence-corrected chi connectivity index (χ2v) is 7.16. The van der Waals surface area contributed by atoms with Crippen LogP contribution < -0.4 is 16.4 Å². The predicted octanol–water partition coefficient (Wildman–Crippen LogP) is 1.32. The van der Waals surface area contributed by atoms with Crippen molar-refractivity contribution in [2.45, 2.75) is 45.7 Å². The first kappa shape index (κ1) is 19.0. The predicted molar refractivity (Wildman–Crippen MR) is 103 cm³/mol. The highest BCUT2D eigenvalue weighted by Crippen LogP contribution is 2.24. The standard InChI is InChI=1S/C19H26N6O2/c1-12(2)17(20)19(27)21-11-16(26)22-14-8-6-13(7-9-14)18-24-23-15-5-3-4-10-25(15)18/h6-9,12,17H,3-5,10-11,20H2,1-2H3,(H,21,27)(H,22,26)/t17-/m0/s1. The van der Waals surface area contributed by atoms with Crippen molar-refractivity contribution in [3.8, 4) is 11.4 Å². The van der Waals surface area contributed by atoms with Gasteiger partial charge < -0.3 is 20.9 Å². The van der Waals surface area contributed by atoms with E-state index in [4.69, 9.17) is 5.73 Å². The maximum absolute atomic E-state index is 12.0. The van der Waals surface area contributed by atoms with Crippen molar-refractivity contribution in [1.82, 2.24) is 20.1 Å². The molecule has 1 aliphatic rings. The van der Waals surface area contributed by atoms with E-state index in [2.05, 4.69) is 25.4 Å². The lowest BCUT2D eigenvalue weighted by Crippen LogP contribution is -2.46. The number of anilines is 1. The molecule has 1 aliphatic heterocycles. The molecule has 0 saturated carbocycles. The number of aromatic nitrogens is 3. The van der Waals surface area contributed by atoms with E-state index >= 15 is 0 Å². The summed E-state index contributed by atoms with van der Waals surface area (Å²) in [5.74, 6) is 1.28. The summed E-state index contributed by atoms with van der Waals surface area (Å²) in [7, 11) is 0. The summed E-state index contributed by atoms with van der Waals surface area (Å²) in [6.07, 6.45) is 3.26. The molecule has 4 N–H and O–H groups in total. The van der Waals surface area contributed by atoms with Crippen molar-refractivity contribution in [1.29, 1.82) is 0 Å². The monoisotopic (exact) mass is 370 g/mol. The van der Waals surface area contributed by atoms with E-state index in [0.717, 1.165) is 43.0 Å². The van der Waals surface area contributed by atoms with Crippen LogP contribution >= 0.6 is 0 Å². The molecule has 0 saturated heterocycles. The summed E-state index contributed by atoms with van der Waals surface area (Å²) in [5, 5.41) is 13.9. The largest absolute Gasteiger partial charge is 0.346 e. The van der Waals surface area contributed by atoms with Gasteiger partial charge in [-0.05, 0) is 43.0 Å². The van der Waals surface area contributed by atoms with Crippen molar-refractivity contribution in [3.63, 3.8) is 0 Å². The minimum Gasteiger partial charge on any atom is -0.346 e. The summed E-state index contributed by atoms with van der Waals surface area (Å²) < 4.78 is 2.16. The topological polar surface area (TPSA) is 115 Å². The normalized spacial score (nSPS) is 14.5. The molecule has 1 aromatic carbocycles. The highest BCUT2D eigenvalue weighted by molar-refractivity contribution is 5.95. The molecule has 27 heavy (non-hydrogen) atoms. The number of nitrogens with zero attached hydrogens (tertiary/aromatic N) is 3. The van der Waals surface area contributed by atoms with Crippen LogP contribution in [0.3, 0.4) is 0 Å². The van der Waals surface area contributed by atoms with Crippen LogP contribution in [0.4, 0.5) is 5.69 Å². The van der Waals surface area contributed by atoms with Crippen molar-refractivity contribution in [2.75, 3.05) is 11.9 Å². The zero-order chi connectivity index (χ0) is 19.4. The molecule has 8 nitrogen and oxygen atoms in total. The summed E-state index contributed by atoms with van der Waals surface area (Å²) >= 11 is 0. The van der Waals surface area contributed by atoms with E-state index in [9.17, 15) is 9.59 Å². The van der Waals surface area contributed by atoms with Crippen LogP contribution in [0.25, 0.3) is 11.4 Å². The van der Waals surface area contributed by atoms with Gasteiger partial charge in [-0.3, -0.25) is 9.59 Å². The smallest absolute Gasteiger partial charge is 0.243 e. The minimum absolute atomic E-state index is 0.0171. The molecule has 0 fully saturated rings. The number of amides is 2. The third kappa shape index (κ3) is 4.51. The summed E-state index contributed by atoms with van der Waals surface area (Å²) in [6, 6.07) is 6.84. The first-order chi connectivity index (χ1) is 13.0. The van der Waals surface area contributed by atoms with Crippen LogP contribution in [0.15, 0.2) is 24.3 Å². The molecule has 2 heterocycles. The molecule has 1 atom stereocenters. The molecule has 3 rings (SSSR count). The number of carbonyl (C=O) groups is 2. The highest BCUT2D eigenvalue weighted by Gasteiger charge is 2.18. The Balaban J connectivity index is 1.57. The van der Waals surface area contributed by atoms with E-state index < -0.39 is 6.04 Å². The van der Waals surface area contributed by atoms with Crippen LogP contribution in [0, 0.1) is 5.92 Å². The van der Waals surface area contributed by atoms with Gasteiger partial charge in [0, 0.05) is 24.2 Å². The van der Waals surface area contributed by atoms with Crippen molar-refractivity contribution in [2.24, 2.45) is 11.7 Å². The van der Waals surface area contributed by atoms with Crippen molar-refractivity contribution >= 4 is 17.5 Å². The Labute approximate surface area is 158 Å². The number of nitrogens with one attached hydrogen (secondary N) is 2. The van der Waals surface area contributed by atoms with Crippen LogP contribution in [0.5, 0.6) is 0 Å². The molecular formula is C19H26N6O2. The molecule has 1 aromatic heterocycles. The Bertz CT molecular complexity index is 812. The molecule has 0 radical (unpaired) electrons. The average Bonchev–Trinajstić information content (AvgIpc) is 3.10. The van der Waals surface area contributed by atoms with Crippen LogP contribution in [-0.2, 0) is 22.6 Å². The SMILES string of the molecule is CC(C)[C@H](N)C(=O)NCC(=O)Nc1ccc(-c2nnc3n2CCCC3)cc1. The molecule has 0 aliphatic carbocycles. The molecule has 0 unspecified atom stereocenters. The fraction of sp³-hybridized carbons (Fsp3) is 0.474. The quantitative estimate of drug-likeness (QED) is 0.709. The molecule has 144 valence electrons. The molecule has 2 amide bonds. The maximum Gasteiger partial charge on any atom is 0.243 e. The molecule has 2 aromatic rings. The number of hydrogen-bond donors (Lipinski definition) is 3. The fourth-order valence-electron chi connectivity index (χ4n) is 3.02. The number of carbonyl (C=O) groups excluding carboxylic acids is 2. The van der Waals surface area contributed by atoms with Gasteiger partial charge in [-0.2, -0.15) is 0 Å². The lowest BCUT2D eigenvalue weighted by Gasteiger charge is -2.15. The van der Waals surface area contributed by atoms with E-state index in [0.29, 0.717) is 5.69 Å². The van der Waals surface area contributed by atoms with Gasteiger partial charge in [0.15, 0.2) is 5.82 Å². The highest BCUT2D eigenvalue weighted by atomic mass is 16.2. The Hall–Kier alpha value is -2.74. The van der Waals surface area contributed by atoms with Gasteiger partial charge in [-0.1, -0.05) is 13.8 Å². The Morgan fingerprint density at radius 3 is 2.63 bits per heavy atom. The molecule has 8 heteroatoms. The number of benzene rings is 1. The fourth-order valence-corrected chi connectivity index (χ4v) is 3.02. The van der Waals surface area contributed by atoms with Crippen molar-refractivity contribution < 1.29 is 9.59 Å². The molecule has 0 spiro atoms. The Kier molecular flexibility index (Phi) is 5.85. The van der Waals surface area contributed by atoms with E-state index in [1.165, 1.54) is 0 Å². The van der Waals surface area contributed by atoms with E-state index in [1.54, 1.807) is 0 Å². The lowest BCUT2D eigenvalue weighted by atomic mass is 10.1. The molecule has 0 bridgehead atoms. The maximum atomic E-state index is 12.0. The van der Waals surface area contributed by atoms with Crippen LogP contribution in [-0.4, -0.2) is 39.2 Å². The van der Waals surface area contributed by atoms with Gasteiger partial charge in [0.2, 0.25) is 11.8 Å². The minimum atomic E-state index is -0.619. The summed E-state index contributed by atoms with van der Waals surface area (Å²) in [6.45, 7) is 4.55. The van der Waals surface area contributed by atoms with Gasteiger partial charge in [0.1, 0.15) is 5.82 Å². The Morgan fingerprint density at radius 2 is 1.93 bits per heavy atom. The van der Waals surface area contributed by atoms with Gasteiger partial charge in [0.25, 0.3) is 0 Å².